The van der Waals surface area contributed by atoms with Gasteiger partial charge >= 0.3 is 0 Å². The van der Waals surface area contributed by atoms with Gasteiger partial charge in [-0.2, -0.15) is 0 Å². The zero-order valence-corrected chi connectivity index (χ0v) is 16.5. The number of benzene rings is 2. The molecule has 2 aromatic carbocycles. The molecule has 4 nitrogen and oxygen atoms in total. The molecular formula is C22H30N2O2. The quantitative estimate of drug-likeness (QED) is 0.771. The standard InChI is InChI=1S/C22H30N2O2/c1-6-24(7-2)20-12-10-19(11-13-20)15-23-22(25)18(5)26-21-14-16(3)8-9-17(21)4/h8-14,18H,6-7,15H2,1-5H3,(H,23,25)/t18-/m1/s1. The molecule has 0 saturated heterocycles. The minimum Gasteiger partial charge on any atom is -0.481 e. The van der Waals surface area contributed by atoms with Crippen LogP contribution in [0.25, 0.3) is 0 Å². The Bertz CT molecular complexity index is 721. The maximum atomic E-state index is 12.3. The fourth-order valence-electron chi connectivity index (χ4n) is 2.82. The van der Waals surface area contributed by atoms with Gasteiger partial charge in [-0.15, -0.1) is 0 Å². The summed E-state index contributed by atoms with van der Waals surface area (Å²) in [5.41, 5.74) is 4.43. The first-order chi connectivity index (χ1) is 12.4. The molecule has 26 heavy (non-hydrogen) atoms. The highest BCUT2D eigenvalue weighted by molar-refractivity contribution is 5.80. The summed E-state index contributed by atoms with van der Waals surface area (Å²) in [6.45, 7) is 12.5. The van der Waals surface area contributed by atoms with Crippen LogP contribution < -0.4 is 15.0 Å². The van der Waals surface area contributed by atoms with E-state index < -0.39 is 6.10 Å². The van der Waals surface area contributed by atoms with E-state index in [4.69, 9.17) is 4.74 Å². The van der Waals surface area contributed by atoms with E-state index in [0.29, 0.717) is 6.54 Å². The zero-order chi connectivity index (χ0) is 19.1. The van der Waals surface area contributed by atoms with E-state index in [9.17, 15) is 4.79 Å². The van der Waals surface area contributed by atoms with E-state index in [1.807, 2.05) is 32.0 Å². The van der Waals surface area contributed by atoms with Gasteiger partial charge in [-0.05, 0) is 69.5 Å². The van der Waals surface area contributed by atoms with Crippen LogP contribution in [0, 0.1) is 13.8 Å². The third kappa shape index (κ3) is 5.25. The van der Waals surface area contributed by atoms with Gasteiger partial charge in [0.05, 0.1) is 0 Å². The normalized spacial score (nSPS) is 11.7. The van der Waals surface area contributed by atoms with Crippen LogP contribution in [0.15, 0.2) is 42.5 Å². The molecular weight excluding hydrogens is 324 g/mol. The van der Waals surface area contributed by atoms with Crippen LogP contribution in [0.3, 0.4) is 0 Å². The first-order valence-electron chi connectivity index (χ1n) is 9.30. The van der Waals surface area contributed by atoms with Gasteiger partial charge in [0.25, 0.3) is 5.91 Å². The van der Waals surface area contributed by atoms with Gasteiger partial charge in [0.1, 0.15) is 5.75 Å². The number of aryl methyl sites for hydroxylation is 2. The van der Waals surface area contributed by atoms with E-state index >= 15 is 0 Å². The average Bonchev–Trinajstić information content (AvgIpc) is 2.64. The number of nitrogens with one attached hydrogen (secondary N) is 1. The molecule has 2 rings (SSSR count). The van der Waals surface area contributed by atoms with Crippen molar-refractivity contribution in [2.75, 3.05) is 18.0 Å². The molecule has 0 aliphatic carbocycles. The van der Waals surface area contributed by atoms with Crippen molar-refractivity contribution in [1.82, 2.24) is 5.32 Å². The van der Waals surface area contributed by atoms with Gasteiger partial charge in [0, 0.05) is 25.3 Å². The van der Waals surface area contributed by atoms with Crippen molar-refractivity contribution in [1.29, 1.82) is 0 Å². The number of ether oxygens (including phenoxy) is 1. The highest BCUT2D eigenvalue weighted by Crippen LogP contribution is 2.20. The van der Waals surface area contributed by atoms with Crippen molar-refractivity contribution < 1.29 is 9.53 Å². The number of carbonyl (C=O) groups excluding carboxylic acids is 1. The molecule has 0 heterocycles. The molecule has 1 amide bonds. The molecule has 0 aliphatic rings. The van der Waals surface area contributed by atoms with E-state index in [0.717, 1.165) is 35.5 Å². The molecule has 0 spiro atoms. The van der Waals surface area contributed by atoms with Crippen molar-refractivity contribution in [2.24, 2.45) is 0 Å². The lowest BCUT2D eigenvalue weighted by Gasteiger charge is -2.21. The SMILES string of the molecule is CCN(CC)c1ccc(CNC(=O)[C@@H](C)Oc2cc(C)ccc2C)cc1. The molecule has 140 valence electrons. The molecule has 0 aromatic heterocycles. The van der Waals surface area contributed by atoms with E-state index in [2.05, 4.69) is 48.3 Å². The van der Waals surface area contributed by atoms with Gasteiger partial charge in [0.15, 0.2) is 6.10 Å². The zero-order valence-electron chi connectivity index (χ0n) is 16.5. The summed E-state index contributed by atoms with van der Waals surface area (Å²) in [6.07, 6.45) is -0.537. The van der Waals surface area contributed by atoms with E-state index in [1.54, 1.807) is 6.92 Å². The first-order valence-corrected chi connectivity index (χ1v) is 9.30. The topological polar surface area (TPSA) is 41.6 Å². The number of carbonyl (C=O) groups is 1. The highest BCUT2D eigenvalue weighted by Gasteiger charge is 2.15. The van der Waals surface area contributed by atoms with Crippen LogP contribution in [0.2, 0.25) is 0 Å². The second kappa shape index (κ2) is 9.27. The maximum Gasteiger partial charge on any atom is 0.261 e. The number of amides is 1. The van der Waals surface area contributed by atoms with Gasteiger partial charge < -0.3 is 15.0 Å². The number of rotatable bonds is 8. The Morgan fingerprint density at radius 2 is 1.73 bits per heavy atom. The summed E-state index contributed by atoms with van der Waals surface area (Å²) in [7, 11) is 0. The molecule has 0 saturated carbocycles. The fourth-order valence-corrected chi connectivity index (χ4v) is 2.82. The Morgan fingerprint density at radius 3 is 2.35 bits per heavy atom. The minimum absolute atomic E-state index is 0.112. The molecule has 0 aliphatic heterocycles. The molecule has 1 N–H and O–H groups in total. The Hall–Kier alpha value is -2.49. The van der Waals surface area contributed by atoms with Crippen molar-refractivity contribution in [3.63, 3.8) is 0 Å². The summed E-state index contributed by atoms with van der Waals surface area (Å²) in [5, 5.41) is 2.95. The Labute approximate surface area is 157 Å². The van der Waals surface area contributed by atoms with Crippen LogP contribution >= 0.6 is 0 Å². The van der Waals surface area contributed by atoms with Gasteiger partial charge in [-0.3, -0.25) is 4.79 Å². The number of anilines is 1. The lowest BCUT2D eigenvalue weighted by molar-refractivity contribution is -0.127. The molecule has 0 fully saturated rings. The smallest absolute Gasteiger partial charge is 0.261 e. The predicted octanol–water partition coefficient (Wildman–Crippen LogP) is 4.23. The largest absolute Gasteiger partial charge is 0.481 e. The van der Waals surface area contributed by atoms with Crippen LogP contribution in [0.5, 0.6) is 5.75 Å². The first kappa shape index (κ1) is 19.8. The highest BCUT2D eigenvalue weighted by atomic mass is 16.5. The number of nitrogens with zero attached hydrogens (tertiary/aromatic N) is 1. The van der Waals surface area contributed by atoms with Crippen molar-refractivity contribution >= 4 is 11.6 Å². The second-order valence-corrected chi connectivity index (χ2v) is 6.59. The summed E-state index contributed by atoms with van der Waals surface area (Å²) < 4.78 is 5.84. The minimum atomic E-state index is -0.537. The van der Waals surface area contributed by atoms with Crippen molar-refractivity contribution in [2.45, 2.75) is 47.3 Å². The fraction of sp³-hybridized carbons (Fsp3) is 0.409. The molecule has 0 radical (unpaired) electrons. The third-order valence-electron chi connectivity index (χ3n) is 4.55. The number of hydrogen-bond donors (Lipinski definition) is 1. The van der Waals surface area contributed by atoms with Crippen LogP contribution in [0.4, 0.5) is 5.69 Å². The van der Waals surface area contributed by atoms with Gasteiger partial charge in [-0.1, -0.05) is 24.3 Å². The molecule has 2 aromatic rings. The van der Waals surface area contributed by atoms with Gasteiger partial charge in [0.2, 0.25) is 0 Å². The lowest BCUT2D eigenvalue weighted by Crippen LogP contribution is -2.36. The molecule has 0 unspecified atom stereocenters. The monoisotopic (exact) mass is 354 g/mol. The summed E-state index contributed by atoms with van der Waals surface area (Å²) >= 11 is 0. The van der Waals surface area contributed by atoms with Crippen LogP contribution in [-0.2, 0) is 11.3 Å². The second-order valence-electron chi connectivity index (χ2n) is 6.59. The van der Waals surface area contributed by atoms with E-state index in [-0.39, 0.29) is 5.91 Å². The maximum absolute atomic E-state index is 12.3. The Kier molecular flexibility index (Phi) is 7.07. The summed E-state index contributed by atoms with van der Waals surface area (Å²) in [4.78, 5) is 14.6. The average molecular weight is 354 g/mol. The number of hydrogen-bond acceptors (Lipinski definition) is 3. The molecule has 4 heteroatoms. The molecule has 1 atom stereocenters. The summed E-state index contributed by atoms with van der Waals surface area (Å²) in [6, 6.07) is 14.3. The molecule has 0 bridgehead atoms. The van der Waals surface area contributed by atoms with Crippen molar-refractivity contribution in [3.8, 4) is 5.75 Å². The van der Waals surface area contributed by atoms with E-state index in [1.165, 1.54) is 5.69 Å². The summed E-state index contributed by atoms with van der Waals surface area (Å²) in [5.74, 6) is 0.648. The Balaban J connectivity index is 1.90. The predicted molar refractivity (Wildman–Crippen MR) is 108 cm³/mol. The van der Waals surface area contributed by atoms with Crippen molar-refractivity contribution in [3.05, 3.63) is 59.2 Å². The van der Waals surface area contributed by atoms with Crippen LogP contribution in [0.1, 0.15) is 37.5 Å². The lowest BCUT2D eigenvalue weighted by atomic mass is 10.1. The Morgan fingerprint density at radius 1 is 1.08 bits per heavy atom. The van der Waals surface area contributed by atoms with Crippen LogP contribution in [-0.4, -0.2) is 25.1 Å². The third-order valence-corrected chi connectivity index (χ3v) is 4.55. The van der Waals surface area contributed by atoms with Gasteiger partial charge in [-0.25, -0.2) is 0 Å².